The van der Waals surface area contributed by atoms with Gasteiger partial charge in [0.2, 0.25) is 10.0 Å². The van der Waals surface area contributed by atoms with Gasteiger partial charge in [0.25, 0.3) is 5.91 Å². The average Bonchev–Trinajstić information content (AvgIpc) is 3.22. The molecule has 0 bridgehead atoms. The van der Waals surface area contributed by atoms with Crippen molar-refractivity contribution in [2.75, 3.05) is 18.4 Å². The van der Waals surface area contributed by atoms with Crippen LogP contribution in [0.15, 0.2) is 47.5 Å². The second kappa shape index (κ2) is 9.61. The highest BCUT2D eigenvalue weighted by molar-refractivity contribution is 7.89. The number of amides is 1. The average molecular weight is 449 g/mol. The minimum Gasteiger partial charge on any atom is -0.452 e. The van der Waals surface area contributed by atoms with Crippen molar-refractivity contribution in [2.45, 2.75) is 50.7 Å². The lowest BCUT2D eigenvalue weighted by atomic mass is 9.98. The summed E-state index contributed by atoms with van der Waals surface area (Å²) in [5, 5.41) is 6.87. The van der Waals surface area contributed by atoms with Gasteiger partial charge < -0.3 is 10.1 Å². The quantitative estimate of drug-likeness (QED) is 0.652. The first-order valence-corrected chi connectivity index (χ1v) is 11.7. The Balaban J connectivity index is 1.52. The molecule has 2 heterocycles. The van der Waals surface area contributed by atoms with Crippen molar-refractivity contribution in [2.24, 2.45) is 5.92 Å². The molecule has 0 aliphatic carbocycles. The van der Waals surface area contributed by atoms with Gasteiger partial charge in [-0.25, -0.2) is 13.1 Å². The molecule has 2 aromatic rings. The van der Waals surface area contributed by atoms with Crippen molar-refractivity contribution >= 4 is 27.7 Å². The van der Waals surface area contributed by atoms with Gasteiger partial charge in [-0.2, -0.15) is 9.40 Å². The summed E-state index contributed by atoms with van der Waals surface area (Å²) in [7, 11) is -3.58. The number of hydrogen-bond acceptors (Lipinski definition) is 6. The molecule has 1 fully saturated rings. The number of hydrogen-bond donors (Lipinski definition) is 1. The molecule has 1 atom stereocenters. The zero-order chi connectivity index (χ0) is 22.6. The second-order valence-corrected chi connectivity index (χ2v) is 9.75. The van der Waals surface area contributed by atoms with E-state index in [-0.39, 0.29) is 24.0 Å². The Morgan fingerprint density at radius 1 is 1.10 bits per heavy atom. The summed E-state index contributed by atoms with van der Waals surface area (Å²) in [5.74, 6) is -0.849. The van der Waals surface area contributed by atoms with Crippen LogP contribution in [0.4, 0.5) is 5.82 Å². The number of carbonyl (C=O) groups excluding carboxylic acids is 2. The first kappa shape index (κ1) is 23.0. The molecule has 1 aromatic carbocycles. The Hall–Kier alpha value is -2.72. The predicted molar refractivity (Wildman–Crippen MR) is 115 cm³/mol. The summed E-state index contributed by atoms with van der Waals surface area (Å²) in [5.41, 5.74) is 0. The van der Waals surface area contributed by atoms with E-state index in [2.05, 4.69) is 10.4 Å². The van der Waals surface area contributed by atoms with Crippen LogP contribution in [0.2, 0.25) is 0 Å². The molecule has 1 N–H and O–H groups in total. The Morgan fingerprint density at radius 3 is 2.35 bits per heavy atom. The number of nitrogens with zero attached hydrogens (tertiary/aromatic N) is 3. The number of nitrogens with one attached hydrogen (secondary N) is 1. The fourth-order valence-corrected chi connectivity index (χ4v) is 4.94. The Bertz CT molecular complexity index is 1010. The molecule has 1 aliphatic rings. The summed E-state index contributed by atoms with van der Waals surface area (Å²) in [6.07, 6.45) is 1.30. The van der Waals surface area contributed by atoms with Crippen LogP contribution >= 0.6 is 0 Å². The molecule has 0 spiro atoms. The third kappa shape index (κ3) is 5.31. The number of aromatic nitrogens is 2. The van der Waals surface area contributed by atoms with Gasteiger partial charge in [-0.05, 0) is 45.7 Å². The molecule has 1 amide bonds. The van der Waals surface area contributed by atoms with Crippen molar-refractivity contribution in [1.29, 1.82) is 0 Å². The molecule has 0 unspecified atom stereocenters. The van der Waals surface area contributed by atoms with Gasteiger partial charge in [0, 0.05) is 25.2 Å². The number of sulfonamides is 1. The number of ether oxygens (including phenoxy) is 1. The van der Waals surface area contributed by atoms with Crippen molar-refractivity contribution in [1.82, 2.24) is 14.1 Å². The van der Waals surface area contributed by atoms with Crippen molar-refractivity contribution in [3.8, 4) is 0 Å². The number of piperidine rings is 1. The molecular weight excluding hydrogens is 420 g/mol. The molecule has 3 rings (SSSR count). The largest absolute Gasteiger partial charge is 0.452 e. The zero-order valence-electron chi connectivity index (χ0n) is 17.9. The molecule has 0 radical (unpaired) electrons. The molecule has 10 heteroatoms. The Kier molecular flexibility index (Phi) is 7.11. The van der Waals surface area contributed by atoms with Crippen LogP contribution < -0.4 is 5.32 Å². The number of esters is 1. The lowest BCUT2D eigenvalue weighted by Crippen LogP contribution is -2.41. The van der Waals surface area contributed by atoms with Crippen LogP contribution in [0.3, 0.4) is 0 Å². The summed E-state index contributed by atoms with van der Waals surface area (Å²) in [6.45, 7) is 5.85. The van der Waals surface area contributed by atoms with Gasteiger partial charge in [-0.3, -0.25) is 9.59 Å². The van der Waals surface area contributed by atoms with Crippen LogP contribution in [0, 0.1) is 5.92 Å². The highest BCUT2D eigenvalue weighted by atomic mass is 32.2. The molecule has 1 aromatic heterocycles. The smallest absolute Gasteiger partial charge is 0.309 e. The summed E-state index contributed by atoms with van der Waals surface area (Å²) >= 11 is 0. The second-order valence-electron chi connectivity index (χ2n) is 7.81. The summed E-state index contributed by atoms with van der Waals surface area (Å²) in [6, 6.07) is 9.97. The van der Waals surface area contributed by atoms with Crippen LogP contribution in [-0.4, -0.2) is 53.6 Å². The summed E-state index contributed by atoms with van der Waals surface area (Å²) in [4.78, 5) is 25.2. The van der Waals surface area contributed by atoms with Crippen LogP contribution in [0.25, 0.3) is 0 Å². The zero-order valence-corrected chi connectivity index (χ0v) is 18.7. The van der Waals surface area contributed by atoms with Gasteiger partial charge in [0.1, 0.15) is 5.82 Å². The van der Waals surface area contributed by atoms with Gasteiger partial charge in [0.15, 0.2) is 6.10 Å². The highest BCUT2D eigenvalue weighted by Crippen LogP contribution is 2.25. The van der Waals surface area contributed by atoms with E-state index in [0.29, 0.717) is 18.7 Å². The first-order chi connectivity index (χ1) is 14.7. The lowest BCUT2D eigenvalue weighted by Gasteiger charge is -2.30. The molecule has 1 saturated heterocycles. The SMILES string of the molecule is CC(C)n1nccc1NC(=O)[C@@H](C)OC(=O)C1CCN(S(=O)(=O)c2ccccc2)CC1. The number of benzene rings is 1. The highest BCUT2D eigenvalue weighted by Gasteiger charge is 2.34. The van der Waals surface area contributed by atoms with E-state index < -0.39 is 33.9 Å². The molecule has 168 valence electrons. The van der Waals surface area contributed by atoms with E-state index in [1.807, 2.05) is 13.8 Å². The third-order valence-electron chi connectivity index (χ3n) is 5.24. The third-order valence-corrected chi connectivity index (χ3v) is 7.15. The maximum Gasteiger partial charge on any atom is 0.309 e. The van der Waals surface area contributed by atoms with Crippen molar-refractivity contribution < 1.29 is 22.7 Å². The van der Waals surface area contributed by atoms with E-state index in [1.54, 1.807) is 47.3 Å². The van der Waals surface area contributed by atoms with E-state index in [4.69, 9.17) is 4.74 Å². The molecule has 9 nitrogen and oxygen atoms in total. The Labute approximate surface area is 182 Å². The minimum atomic E-state index is -3.58. The van der Waals surface area contributed by atoms with Gasteiger partial charge in [-0.15, -0.1) is 0 Å². The van der Waals surface area contributed by atoms with Crippen molar-refractivity contribution in [3.05, 3.63) is 42.6 Å². The standard InChI is InChI=1S/C21H28N4O5S/c1-15(2)25-19(9-12-22-25)23-20(26)16(3)30-21(27)17-10-13-24(14-11-17)31(28,29)18-7-5-4-6-8-18/h4-9,12,15-17H,10-11,13-14H2,1-3H3,(H,23,26)/t16-/m1/s1. The van der Waals surface area contributed by atoms with Crippen LogP contribution in [-0.2, 0) is 24.3 Å². The number of carbonyl (C=O) groups is 2. The van der Waals surface area contributed by atoms with Crippen molar-refractivity contribution in [3.63, 3.8) is 0 Å². The van der Waals surface area contributed by atoms with Crippen LogP contribution in [0.5, 0.6) is 0 Å². The molecular formula is C21H28N4O5S. The van der Waals surface area contributed by atoms with E-state index in [0.717, 1.165) is 0 Å². The van der Waals surface area contributed by atoms with Crippen LogP contribution in [0.1, 0.15) is 39.7 Å². The van der Waals surface area contributed by atoms with Gasteiger partial charge >= 0.3 is 5.97 Å². The van der Waals surface area contributed by atoms with E-state index >= 15 is 0 Å². The lowest BCUT2D eigenvalue weighted by molar-refractivity contribution is -0.158. The van der Waals surface area contributed by atoms with E-state index in [1.165, 1.54) is 11.2 Å². The topological polar surface area (TPSA) is 111 Å². The maximum atomic E-state index is 12.7. The van der Waals surface area contributed by atoms with Gasteiger partial charge in [0.05, 0.1) is 17.0 Å². The normalized spacial score (nSPS) is 16.8. The van der Waals surface area contributed by atoms with E-state index in [9.17, 15) is 18.0 Å². The minimum absolute atomic E-state index is 0.0699. The number of rotatable bonds is 7. The molecule has 31 heavy (non-hydrogen) atoms. The fraction of sp³-hybridized carbons (Fsp3) is 0.476. The first-order valence-electron chi connectivity index (χ1n) is 10.3. The number of anilines is 1. The van der Waals surface area contributed by atoms with Gasteiger partial charge in [-0.1, -0.05) is 18.2 Å². The fourth-order valence-electron chi connectivity index (χ4n) is 3.45. The predicted octanol–water partition coefficient (Wildman–Crippen LogP) is 2.44. The monoisotopic (exact) mass is 448 g/mol. The maximum absolute atomic E-state index is 12.7. The Morgan fingerprint density at radius 2 is 1.74 bits per heavy atom. The molecule has 1 aliphatic heterocycles. The molecule has 0 saturated carbocycles. The summed E-state index contributed by atoms with van der Waals surface area (Å²) < 4.78 is 33.8.